The van der Waals surface area contributed by atoms with E-state index in [4.69, 9.17) is 72.3 Å². The molecule has 8 aliphatic rings. The zero-order valence-corrected chi connectivity index (χ0v) is 62.7. The molecule has 8 fully saturated rings. The van der Waals surface area contributed by atoms with Gasteiger partial charge in [-0.2, -0.15) is 0 Å². The summed E-state index contributed by atoms with van der Waals surface area (Å²) in [6, 6.07) is 0. The molecule has 22 atom stereocenters. The second kappa shape index (κ2) is 39.0. The summed E-state index contributed by atoms with van der Waals surface area (Å²) in [4.78, 5) is 103. The van der Waals surface area contributed by atoms with Gasteiger partial charge in [0.05, 0.1) is 51.7 Å². The Morgan fingerprint density at radius 2 is 0.700 bits per heavy atom. The lowest BCUT2D eigenvalue weighted by molar-refractivity contribution is -0.226. The highest BCUT2D eigenvalue weighted by atomic mass is 16.6. The van der Waals surface area contributed by atoms with Crippen LogP contribution in [-0.2, 0) is 76.3 Å². The van der Waals surface area contributed by atoms with Gasteiger partial charge in [-0.3, -0.25) is 38.4 Å². The number of fused-ring (bicyclic) bond motifs is 10. The normalized spacial score (nSPS) is 35.2. The molecule has 8 aliphatic carbocycles. The Morgan fingerprint density at radius 1 is 0.370 bits per heavy atom. The second-order valence-electron chi connectivity index (χ2n) is 32.6. The summed E-state index contributed by atoms with van der Waals surface area (Å²) in [6.07, 6.45) is 21.2. The molecule has 0 saturated heterocycles. The second-order valence-corrected chi connectivity index (χ2v) is 32.6. The molecule has 0 unspecified atom stereocenters. The smallest absolute Gasteiger partial charge is 0.307 e. The number of esters is 8. The van der Waals surface area contributed by atoms with E-state index < -0.39 is 0 Å². The molecule has 8 rings (SSSR count). The molecule has 0 bridgehead atoms. The molecule has 0 radical (unpaired) electrons. The monoisotopic (exact) mass is 1410 g/mol. The van der Waals surface area contributed by atoms with Crippen LogP contribution in [0.3, 0.4) is 0 Å². The highest BCUT2D eigenvalue weighted by Gasteiger charge is 2.70. The number of rotatable bonds is 36. The average molecular weight is 1410 g/mol. The van der Waals surface area contributed by atoms with Crippen molar-refractivity contribution in [2.24, 2.45) is 127 Å². The SMILES string of the molecule is CCCCCCOC(=O)CC[C@@H](C)[C@H]1CC[C@H]2[C@@H]3[C@H](OC(=O)CCN)C[C@@H]4C[C@H](OC(=O)CCN)CC[C@]4(C)[C@H]3C[C@H](OC(=O)CCN)[C@]12C.CCCCCCOC(=O)CC[C@@H](C)[C@H]1CC[C@H]2[C@@H]3[C@H](OC(=O)CCN)C[C@@H]4C[C@H](OC(=O)CCN)CC[C@]4(C)[C@H]3C[C@H](OC(=O)CCN)[C@]12C. The van der Waals surface area contributed by atoms with E-state index in [0.29, 0.717) is 77.4 Å². The lowest BCUT2D eigenvalue weighted by Crippen LogP contribution is -2.63. The molecular formula is C78H134N6O16. The van der Waals surface area contributed by atoms with Gasteiger partial charge in [0.2, 0.25) is 0 Å². The molecule has 0 amide bonds. The van der Waals surface area contributed by atoms with Crippen molar-refractivity contribution in [1.29, 1.82) is 0 Å². The van der Waals surface area contributed by atoms with Crippen LogP contribution in [0.1, 0.15) is 261 Å². The van der Waals surface area contributed by atoms with E-state index in [0.717, 1.165) is 103 Å². The maximum atomic E-state index is 13.2. The lowest BCUT2D eigenvalue weighted by atomic mass is 9.43. The first-order valence-corrected chi connectivity index (χ1v) is 39.5. The largest absolute Gasteiger partial charge is 0.466 e. The van der Waals surface area contributed by atoms with Gasteiger partial charge in [-0.25, -0.2) is 0 Å². The summed E-state index contributed by atoms with van der Waals surface area (Å²) in [5, 5.41) is 0. The Labute approximate surface area is 598 Å². The van der Waals surface area contributed by atoms with Gasteiger partial charge in [-0.05, 0) is 186 Å². The third-order valence-electron chi connectivity index (χ3n) is 26.8. The summed E-state index contributed by atoms with van der Waals surface area (Å²) < 4.78 is 48.5. The van der Waals surface area contributed by atoms with Crippen molar-refractivity contribution in [2.45, 2.75) is 297 Å². The number of nitrogens with two attached hydrogens (primary N) is 6. The number of carbonyl (C=O) groups is 8. The molecule has 0 aromatic carbocycles. The first-order chi connectivity index (χ1) is 47.8. The van der Waals surface area contributed by atoms with Crippen LogP contribution < -0.4 is 34.4 Å². The van der Waals surface area contributed by atoms with Gasteiger partial charge in [-0.1, -0.05) is 93.9 Å². The van der Waals surface area contributed by atoms with Crippen LogP contribution in [0.2, 0.25) is 0 Å². The van der Waals surface area contributed by atoms with Crippen molar-refractivity contribution in [3.63, 3.8) is 0 Å². The van der Waals surface area contributed by atoms with E-state index in [1.807, 2.05) is 0 Å². The average Bonchev–Trinajstić information content (AvgIpc) is 1.35. The quantitative estimate of drug-likeness (QED) is 0.0193. The lowest BCUT2D eigenvalue weighted by Gasteiger charge is -2.64. The molecule has 22 nitrogen and oxygen atoms in total. The summed E-state index contributed by atoms with van der Waals surface area (Å²) in [5.41, 5.74) is 33.4. The molecule has 22 heteroatoms. The van der Waals surface area contributed by atoms with E-state index in [1.165, 1.54) is 0 Å². The molecule has 0 aliphatic heterocycles. The van der Waals surface area contributed by atoms with Crippen LogP contribution in [0.5, 0.6) is 0 Å². The van der Waals surface area contributed by atoms with Crippen LogP contribution in [-0.4, -0.2) is 137 Å². The summed E-state index contributed by atoms with van der Waals surface area (Å²) in [7, 11) is 0. The van der Waals surface area contributed by atoms with Crippen LogP contribution in [0.25, 0.3) is 0 Å². The van der Waals surface area contributed by atoms with Gasteiger partial charge in [-0.15, -0.1) is 0 Å². The zero-order valence-electron chi connectivity index (χ0n) is 62.7. The van der Waals surface area contributed by atoms with Gasteiger partial charge < -0.3 is 72.3 Å². The van der Waals surface area contributed by atoms with E-state index in [1.54, 1.807) is 0 Å². The Hall–Kier alpha value is -4.48. The molecular weight excluding hydrogens is 1280 g/mol. The molecule has 12 N–H and O–H groups in total. The Bertz CT molecular complexity index is 2480. The first-order valence-electron chi connectivity index (χ1n) is 39.5. The third-order valence-corrected chi connectivity index (χ3v) is 26.8. The van der Waals surface area contributed by atoms with E-state index >= 15 is 0 Å². The van der Waals surface area contributed by atoms with Crippen LogP contribution in [0.15, 0.2) is 0 Å². The standard InChI is InChI=1S/2C39H67N3O8/c2*1-5-6-7-8-21-47-33(43)12-9-25(2)28-10-11-29-37-30(24-32(39(28,29)4)50-36(46)16-20-42)38(3)17-13-27(48-34(44)14-18-40)22-26(38)23-31(37)49-35(45)15-19-41/h2*25-32,37H,5-24,40-42H2,1-4H3/t2*25-,26+,27-,28-,29+,30+,31-,32+,37+,38+,39-/m11/s1. The van der Waals surface area contributed by atoms with Crippen molar-refractivity contribution >= 4 is 47.8 Å². The topological polar surface area (TPSA) is 367 Å². The highest BCUT2D eigenvalue weighted by molar-refractivity contribution is 5.72. The predicted molar refractivity (Wildman–Crippen MR) is 380 cm³/mol. The van der Waals surface area contributed by atoms with Crippen molar-refractivity contribution < 1.29 is 76.3 Å². The molecule has 0 spiro atoms. The fraction of sp³-hybridized carbons (Fsp3) is 0.897. The minimum atomic E-state index is -0.369. The number of hydrogen-bond acceptors (Lipinski definition) is 22. The molecule has 0 aromatic heterocycles. The molecule has 0 heterocycles. The van der Waals surface area contributed by atoms with Crippen LogP contribution in [0, 0.1) is 92.7 Å². The van der Waals surface area contributed by atoms with Crippen molar-refractivity contribution in [2.75, 3.05) is 52.5 Å². The maximum Gasteiger partial charge on any atom is 0.307 e. The molecule has 8 saturated carbocycles. The van der Waals surface area contributed by atoms with Crippen molar-refractivity contribution in [3.8, 4) is 0 Å². The molecule has 0 aromatic rings. The van der Waals surface area contributed by atoms with Crippen LogP contribution in [0.4, 0.5) is 0 Å². The Balaban J connectivity index is 0.000000281. The predicted octanol–water partition coefficient (Wildman–Crippen LogP) is 10.4. The fourth-order valence-corrected chi connectivity index (χ4v) is 21.7. The van der Waals surface area contributed by atoms with Gasteiger partial charge in [0.25, 0.3) is 0 Å². The van der Waals surface area contributed by atoms with Gasteiger partial charge >= 0.3 is 47.8 Å². The maximum absolute atomic E-state index is 13.2. The van der Waals surface area contributed by atoms with Gasteiger partial charge in [0.1, 0.15) is 36.6 Å². The summed E-state index contributed by atoms with van der Waals surface area (Å²) in [6.45, 7) is 20.4. The number of unbranched alkanes of at least 4 members (excludes halogenated alkanes) is 6. The number of ether oxygens (including phenoxy) is 8. The van der Waals surface area contributed by atoms with Gasteiger partial charge in [0.15, 0.2) is 0 Å². The van der Waals surface area contributed by atoms with Crippen molar-refractivity contribution in [3.05, 3.63) is 0 Å². The fourth-order valence-electron chi connectivity index (χ4n) is 21.7. The van der Waals surface area contributed by atoms with E-state index in [-0.39, 0.29) is 255 Å². The van der Waals surface area contributed by atoms with E-state index in [2.05, 4.69) is 55.4 Å². The van der Waals surface area contributed by atoms with Crippen LogP contribution >= 0.6 is 0 Å². The molecule has 100 heavy (non-hydrogen) atoms. The minimum absolute atomic E-state index is 0.0917. The summed E-state index contributed by atoms with van der Waals surface area (Å²) >= 11 is 0. The van der Waals surface area contributed by atoms with E-state index in [9.17, 15) is 38.4 Å². The Morgan fingerprint density at radius 3 is 1.03 bits per heavy atom. The minimum Gasteiger partial charge on any atom is -0.466 e. The Kier molecular flexibility index (Phi) is 32.3. The van der Waals surface area contributed by atoms with Gasteiger partial charge in [0, 0.05) is 74.8 Å². The zero-order chi connectivity index (χ0) is 73.0. The molecule has 572 valence electrons. The first kappa shape index (κ1) is 82.8. The summed E-state index contributed by atoms with van der Waals surface area (Å²) in [5.74, 6) is -0.0178. The number of hydrogen-bond donors (Lipinski definition) is 6. The highest BCUT2D eigenvalue weighted by Crippen LogP contribution is 2.72. The van der Waals surface area contributed by atoms with Crippen molar-refractivity contribution in [1.82, 2.24) is 0 Å². The third kappa shape index (κ3) is 20.1. The number of carbonyl (C=O) groups excluding carboxylic acids is 8.